The van der Waals surface area contributed by atoms with Crippen LogP contribution >= 0.6 is 11.3 Å². The summed E-state index contributed by atoms with van der Waals surface area (Å²) in [5.74, 6) is -1.20. The minimum absolute atomic E-state index is 0.104. The summed E-state index contributed by atoms with van der Waals surface area (Å²) in [6.45, 7) is 2.17. The van der Waals surface area contributed by atoms with Gasteiger partial charge >= 0.3 is 5.97 Å². The number of benzene rings is 1. The van der Waals surface area contributed by atoms with Crippen molar-refractivity contribution in [1.29, 1.82) is 0 Å². The van der Waals surface area contributed by atoms with E-state index in [0.717, 1.165) is 35.2 Å². The molecule has 0 bridgehead atoms. The van der Waals surface area contributed by atoms with Gasteiger partial charge in [0.15, 0.2) is 0 Å². The van der Waals surface area contributed by atoms with Gasteiger partial charge in [-0.15, -0.1) is 10.2 Å². The second-order valence-electron chi connectivity index (χ2n) is 4.95. The maximum absolute atomic E-state index is 11.9. The molecule has 0 spiro atoms. The van der Waals surface area contributed by atoms with Crippen LogP contribution in [0.4, 0.5) is 10.8 Å². The number of aliphatic carboxylic acids is 1. The van der Waals surface area contributed by atoms with E-state index in [2.05, 4.69) is 27.8 Å². The number of carbonyl (C=O) groups is 2. The number of carbonyl (C=O) groups excluding carboxylic acids is 1. The highest BCUT2D eigenvalue weighted by molar-refractivity contribution is 7.15. The van der Waals surface area contributed by atoms with Crippen LogP contribution < -0.4 is 10.6 Å². The van der Waals surface area contributed by atoms with Crippen LogP contribution in [0, 0.1) is 0 Å². The molecular formula is C16H18N4O3S. The van der Waals surface area contributed by atoms with Crippen LogP contribution in [0.5, 0.6) is 0 Å². The Morgan fingerprint density at radius 1 is 1.25 bits per heavy atom. The van der Waals surface area contributed by atoms with Crippen molar-refractivity contribution in [3.63, 3.8) is 0 Å². The van der Waals surface area contributed by atoms with Gasteiger partial charge in [0.2, 0.25) is 11.0 Å². The van der Waals surface area contributed by atoms with E-state index in [1.807, 2.05) is 0 Å². The lowest BCUT2D eigenvalue weighted by molar-refractivity contribution is -0.131. The molecule has 0 saturated carbocycles. The number of hydrogen-bond donors (Lipinski definition) is 3. The third-order valence-electron chi connectivity index (χ3n) is 2.96. The highest BCUT2D eigenvalue weighted by atomic mass is 32.1. The molecule has 2 aromatic rings. The van der Waals surface area contributed by atoms with Gasteiger partial charge in [-0.25, -0.2) is 4.79 Å². The lowest BCUT2D eigenvalue weighted by Gasteiger charge is -2.06. The van der Waals surface area contributed by atoms with Gasteiger partial charge in [-0.05, 0) is 30.2 Å². The highest BCUT2D eigenvalue weighted by Crippen LogP contribution is 2.16. The molecule has 0 aliphatic carbocycles. The molecule has 8 heteroatoms. The molecule has 2 rings (SSSR count). The van der Waals surface area contributed by atoms with Crippen molar-refractivity contribution < 1.29 is 14.7 Å². The average Bonchev–Trinajstić information content (AvgIpc) is 2.99. The van der Waals surface area contributed by atoms with Crippen molar-refractivity contribution in [2.75, 3.05) is 17.2 Å². The summed E-state index contributed by atoms with van der Waals surface area (Å²) in [5, 5.41) is 23.6. The molecule has 0 atom stereocenters. The van der Waals surface area contributed by atoms with Crippen molar-refractivity contribution in [3.8, 4) is 0 Å². The molecule has 7 nitrogen and oxygen atoms in total. The first-order valence-corrected chi connectivity index (χ1v) is 8.25. The second kappa shape index (κ2) is 8.78. The third kappa shape index (κ3) is 5.81. The van der Waals surface area contributed by atoms with Crippen molar-refractivity contribution in [2.24, 2.45) is 0 Å². The Morgan fingerprint density at radius 2 is 2.00 bits per heavy atom. The third-order valence-corrected chi connectivity index (χ3v) is 3.86. The molecule has 1 aromatic heterocycles. The Balaban J connectivity index is 1.81. The summed E-state index contributed by atoms with van der Waals surface area (Å²) in [6, 6.07) is 7.08. The van der Waals surface area contributed by atoms with Gasteiger partial charge < -0.3 is 10.4 Å². The molecule has 0 aliphatic heterocycles. The predicted molar refractivity (Wildman–Crippen MR) is 94.1 cm³/mol. The standard InChI is InChI=1S/C16H18N4O3S/c1-2-3-14-19-20-16(24-14)18-13(21)10-17-12-7-4-11(5-8-12)6-9-15(22)23/h4-9,17H,2-3,10H2,1H3,(H,22,23)(H,18,20,21)/b9-6+. The van der Waals surface area contributed by atoms with Gasteiger partial charge in [0, 0.05) is 18.2 Å². The number of hydrogen-bond acceptors (Lipinski definition) is 6. The normalized spacial score (nSPS) is 10.7. The van der Waals surface area contributed by atoms with E-state index < -0.39 is 5.97 Å². The monoisotopic (exact) mass is 346 g/mol. The number of carboxylic acids is 1. The zero-order valence-electron chi connectivity index (χ0n) is 13.2. The molecule has 1 aromatic carbocycles. The Hall–Kier alpha value is -2.74. The zero-order valence-corrected chi connectivity index (χ0v) is 14.0. The van der Waals surface area contributed by atoms with Crippen LogP contribution in [0.15, 0.2) is 30.3 Å². The van der Waals surface area contributed by atoms with Crippen LogP contribution in [0.2, 0.25) is 0 Å². The van der Waals surface area contributed by atoms with E-state index in [0.29, 0.717) is 5.13 Å². The van der Waals surface area contributed by atoms with Crippen molar-refractivity contribution >= 4 is 40.1 Å². The average molecular weight is 346 g/mol. The fourth-order valence-corrected chi connectivity index (χ4v) is 2.70. The Bertz CT molecular complexity index is 725. The molecule has 1 heterocycles. The summed E-state index contributed by atoms with van der Waals surface area (Å²) >= 11 is 1.38. The Kier molecular flexibility index (Phi) is 6.44. The molecule has 0 unspecified atom stereocenters. The zero-order chi connectivity index (χ0) is 17.4. The Labute approximate surface area is 143 Å². The lowest BCUT2D eigenvalue weighted by Crippen LogP contribution is -2.21. The first kappa shape index (κ1) is 17.6. The summed E-state index contributed by atoms with van der Waals surface area (Å²) < 4.78 is 0. The minimum Gasteiger partial charge on any atom is -0.478 e. The molecular weight excluding hydrogens is 328 g/mol. The minimum atomic E-state index is -0.993. The number of rotatable bonds is 8. The van der Waals surface area contributed by atoms with Gasteiger partial charge in [0.05, 0.1) is 6.54 Å². The molecule has 0 radical (unpaired) electrons. The van der Waals surface area contributed by atoms with Crippen LogP contribution in [0.1, 0.15) is 23.9 Å². The maximum Gasteiger partial charge on any atom is 0.328 e. The van der Waals surface area contributed by atoms with Crippen LogP contribution in [-0.4, -0.2) is 33.7 Å². The van der Waals surface area contributed by atoms with Crippen molar-refractivity contribution in [3.05, 3.63) is 40.9 Å². The molecule has 24 heavy (non-hydrogen) atoms. The first-order valence-electron chi connectivity index (χ1n) is 7.44. The van der Waals surface area contributed by atoms with E-state index >= 15 is 0 Å². The summed E-state index contributed by atoms with van der Waals surface area (Å²) in [4.78, 5) is 22.3. The largest absolute Gasteiger partial charge is 0.478 e. The van der Waals surface area contributed by atoms with Crippen molar-refractivity contribution in [1.82, 2.24) is 10.2 Å². The number of aryl methyl sites for hydroxylation is 1. The van der Waals surface area contributed by atoms with Gasteiger partial charge in [0.1, 0.15) is 5.01 Å². The SMILES string of the molecule is CCCc1nnc(NC(=O)CNc2ccc(/C=C/C(=O)O)cc2)s1. The molecule has 0 fully saturated rings. The maximum atomic E-state index is 11.9. The van der Waals surface area contributed by atoms with Crippen molar-refractivity contribution in [2.45, 2.75) is 19.8 Å². The predicted octanol–water partition coefficient (Wildman–Crippen LogP) is 2.64. The van der Waals surface area contributed by atoms with Crippen LogP contribution in [-0.2, 0) is 16.0 Å². The summed E-state index contributed by atoms with van der Waals surface area (Å²) in [7, 11) is 0. The van der Waals surface area contributed by atoms with Gasteiger partial charge in [-0.3, -0.25) is 10.1 Å². The molecule has 0 aliphatic rings. The number of nitrogens with zero attached hydrogens (tertiary/aromatic N) is 2. The van der Waals surface area contributed by atoms with Crippen LogP contribution in [0.25, 0.3) is 6.08 Å². The lowest BCUT2D eigenvalue weighted by atomic mass is 10.2. The van der Waals surface area contributed by atoms with E-state index in [4.69, 9.17) is 5.11 Å². The van der Waals surface area contributed by atoms with E-state index in [1.165, 1.54) is 17.4 Å². The Morgan fingerprint density at radius 3 is 2.67 bits per heavy atom. The van der Waals surface area contributed by atoms with Gasteiger partial charge in [-0.1, -0.05) is 30.4 Å². The number of aromatic nitrogens is 2. The molecule has 1 amide bonds. The fourth-order valence-electron chi connectivity index (χ4n) is 1.84. The number of amides is 1. The molecule has 126 valence electrons. The van der Waals surface area contributed by atoms with Gasteiger partial charge in [-0.2, -0.15) is 0 Å². The molecule has 3 N–H and O–H groups in total. The quantitative estimate of drug-likeness (QED) is 0.635. The van der Waals surface area contributed by atoms with E-state index in [-0.39, 0.29) is 12.5 Å². The number of carboxylic acid groups (broad SMARTS) is 1. The van der Waals surface area contributed by atoms with E-state index in [1.54, 1.807) is 24.3 Å². The number of nitrogens with one attached hydrogen (secondary N) is 2. The first-order chi connectivity index (χ1) is 11.6. The highest BCUT2D eigenvalue weighted by Gasteiger charge is 2.07. The molecule has 0 saturated heterocycles. The smallest absolute Gasteiger partial charge is 0.328 e. The summed E-state index contributed by atoms with van der Waals surface area (Å²) in [5.41, 5.74) is 1.53. The van der Waals surface area contributed by atoms with Gasteiger partial charge in [0.25, 0.3) is 0 Å². The van der Waals surface area contributed by atoms with E-state index in [9.17, 15) is 9.59 Å². The number of anilines is 2. The summed E-state index contributed by atoms with van der Waals surface area (Å²) in [6.07, 6.45) is 4.42. The topological polar surface area (TPSA) is 104 Å². The van der Waals surface area contributed by atoms with Crippen LogP contribution in [0.3, 0.4) is 0 Å². The second-order valence-corrected chi connectivity index (χ2v) is 6.01. The fraction of sp³-hybridized carbons (Fsp3) is 0.250.